The van der Waals surface area contributed by atoms with Crippen LogP contribution in [0.15, 0.2) is 0 Å². The maximum absolute atomic E-state index is 8.56. The molecular formula is CH2O3Tl2. The molecule has 0 aliphatic heterocycles. The zero-order valence-electron chi connectivity index (χ0n) is 2.96. The standard InChI is InChI=1S/CH2O3.2Tl/c2-1(3)4;;/h(H2,2,3,4);;. The summed E-state index contributed by atoms with van der Waals surface area (Å²) in [5.74, 6) is 0. The largest absolute Gasteiger partial charge is 0.503 e. The van der Waals surface area contributed by atoms with Gasteiger partial charge in [-0.25, -0.2) is 4.79 Å². The van der Waals surface area contributed by atoms with Crippen LogP contribution >= 0.6 is 0 Å². The van der Waals surface area contributed by atoms with Gasteiger partial charge >= 0.3 is 6.16 Å². The molecule has 0 fully saturated rings. The van der Waals surface area contributed by atoms with Crippen molar-refractivity contribution in [2.45, 2.75) is 0 Å². The average Bonchev–Trinajstić information content (AvgIpc) is 0.811. The minimum atomic E-state index is -1.83. The Balaban J connectivity index is -0.0000000450. The van der Waals surface area contributed by atoms with Gasteiger partial charge in [-0.2, -0.15) is 0 Å². The first-order chi connectivity index (χ1) is 1.73. The number of hydrogen-bond donors (Lipinski definition) is 2. The van der Waals surface area contributed by atoms with Gasteiger partial charge in [0.15, 0.2) is 0 Å². The molecule has 0 bridgehead atoms. The molecule has 2 N–H and O–H groups in total. The van der Waals surface area contributed by atoms with Crippen molar-refractivity contribution >= 4 is 60.8 Å². The van der Waals surface area contributed by atoms with E-state index in [-0.39, 0.29) is 54.6 Å². The molecule has 2 radical (unpaired) electrons. The van der Waals surface area contributed by atoms with Gasteiger partial charge in [-0.05, 0) is 0 Å². The normalized spacial score (nSPS) is 4.00. The van der Waals surface area contributed by atoms with E-state index in [1.165, 1.54) is 0 Å². The van der Waals surface area contributed by atoms with Crippen LogP contribution in [0.3, 0.4) is 0 Å². The van der Waals surface area contributed by atoms with Crippen molar-refractivity contribution in [3.05, 3.63) is 0 Å². The third-order valence-corrected chi connectivity index (χ3v) is 0. The number of hydrogen-bond acceptors (Lipinski definition) is 1. The Bertz CT molecular complexity index is 31.8. The molecule has 0 aromatic rings. The summed E-state index contributed by atoms with van der Waals surface area (Å²) in [6.07, 6.45) is -1.83. The summed E-state index contributed by atoms with van der Waals surface area (Å²) in [5.41, 5.74) is 0. The van der Waals surface area contributed by atoms with Crippen LogP contribution in [0.4, 0.5) is 4.79 Å². The summed E-state index contributed by atoms with van der Waals surface area (Å²) < 4.78 is 0. The first kappa shape index (κ1) is 15.7. The second kappa shape index (κ2) is 9.45. The van der Waals surface area contributed by atoms with Crippen LogP contribution in [0.1, 0.15) is 0 Å². The quantitative estimate of drug-likeness (QED) is 0.468. The molecular weight excluding hydrogens is 469 g/mol. The van der Waals surface area contributed by atoms with Crippen LogP contribution < -0.4 is 0 Å². The van der Waals surface area contributed by atoms with E-state index in [1.807, 2.05) is 0 Å². The number of carboxylic acid groups (broad SMARTS) is 2. The Morgan fingerprint density at radius 2 is 1.17 bits per heavy atom. The van der Waals surface area contributed by atoms with Gasteiger partial charge in [0.05, 0.1) is 0 Å². The maximum atomic E-state index is 8.56. The predicted octanol–water partition coefficient (Wildman–Crippen LogP) is -0.539. The van der Waals surface area contributed by atoms with Crippen molar-refractivity contribution in [3.8, 4) is 0 Å². The summed E-state index contributed by atoms with van der Waals surface area (Å²) in [6, 6.07) is 0. The van der Waals surface area contributed by atoms with Crippen LogP contribution in [0.25, 0.3) is 0 Å². The van der Waals surface area contributed by atoms with E-state index in [0.717, 1.165) is 0 Å². The number of carbonyl (C=O) groups is 1. The Morgan fingerprint density at radius 3 is 1.17 bits per heavy atom. The summed E-state index contributed by atoms with van der Waals surface area (Å²) in [4.78, 5) is 8.56. The van der Waals surface area contributed by atoms with E-state index in [2.05, 4.69) is 0 Å². The summed E-state index contributed by atoms with van der Waals surface area (Å²) >= 11 is 0. The van der Waals surface area contributed by atoms with Crippen LogP contribution in [0.5, 0.6) is 0 Å². The van der Waals surface area contributed by atoms with Gasteiger partial charge < -0.3 is 10.2 Å². The predicted molar refractivity (Wildman–Crippen MR) is 22.2 cm³/mol. The minimum absolute atomic E-state index is 0. The Kier molecular flexibility index (Phi) is 24.7. The van der Waals surface area contributed by atoms with Crippen LogP contribution in [-0.4, -0.2) is 71.0 Å². The molecule has 6 heavy (non-hydrogen) atoms. The molecule has 5 heteroatoms. The van der Waals surface area contributed by atoms with Crippen molar-refractivity contribution in [1.82, 2.24) is 0 Å². The monoisotopic (exact) mass is 472 g/mol. The van der Waals surface area contributed by atoms with Gasteiger partial charge in [-0.1, -0.05) is 0 Å². The molecule has 3 nitrogen and oxygen atoms in total. The first-order valence-electron chi connectivity index (χ1n) is 0.651. The van der Waals surface area contributed by atoms with Gasteiger partial charge in [0.2, 0.25) is 0 Å². The van der Waals surface area contributed by atoms with Crippen molar-refractivity contribution in [1.29, 1.82) is 0 Å². The van der Waals surface area contributed by atoms with E-state index >= 15 is 0 Å². The molecule has 30 valence electrons. The van der Waals surface area contributed by atoms with E-state index in [9.17, 15) is 0 Å². The molecule has 0 unspecified atom stereocenters. The fraction of sp³-hybridized carbons (Fsp3) is 0. The molecule has 0 aliphatic rings. The second-order valence-electron chi connectivity index (χ2n) is 0.283. The molecule has 0 amide bonds. The van der Waals surface area contributed by atoms with Crippen molar-refractivity contribution in [2.75, 3.05) is 0 Å². The van der Waals surface area contributed by atoms with Crippen LogP contribution in [0.2, 0.25) is 0 Å². The summed E-state index contributed by atoms with van der Waals surface area (Å²) in [6.45, 7) is 0. The van der Waals surface area contributed by atoms with Gasteiger partial charge in [0.25, 0.3) is 0 Å². The zero-order valence-corrected chi connectivity index (χ0v) is 11.9. The Hall–Kier alpha value is 1.11. The van der Waals surface area contributed by atoms with Gasteiger partial charge in [0.1, 0.15) is 0 Å². The maximum Gasteiger partial charge on any atom is 0.503 e. The third kappa shape index (κ3) is 69.7. The van der Waals surface area contributed by atoms with E-state index in [1.54, 1.807) is 0 Å². The van der Waals surface area contributed by atoms with E-state index in [0.29, 0.717) is 0 Å². The zero-order chi connectivity index (χ0) is 3.58. The molecule has 0 rings (SSSR count). The van der Waals surface area contributed by atoms with Crippen molar-refractivity contribution in [3.63, 3.8) is 0 Å². The Labute approximate surface area is 75.1 Å². The van der Waals surface area contributed by atoms with E-state index in [4.69, 9.17) is 15.0 Å². The van der Waals surface area contributed by atoms with Gasteiger partial charge in [-0.15, -0.1) is 0 Å². The van der Waals surface area contributed by atoms with E-state index < -0.39 is 6.16 Å². The molecule has 0 saturated heterocycles. The first-order valence-corrected chi connectivity index (χ1v) is 0.651. The molecule has 0 aromatic heterocycles. The summed E-state index contributed by atoms with van der Waals surface area (Å²) in [7, 11) is 0. The molecule has 0 spiro atoms. The van der Waals surface area contributed by atoms with Gasteiger partial charge in [0, 0.05) is 54.6 Å². The van der Waals surface area contributed by atoms with Crippen LogP contribution in [0, 0.1) is 0 Å². The SMILES string of the molecule is O=C(O)O.[Tl].[Tl]. The van der Waals surface area contributed by atoms with Crippen LogP contribution in [-0.2, 0) is 0 Å². The molecule has 0 saturated carbocycles. The molecule has 0 atom stereocenters. The summed E-state index contributed by atoms with van der Waals surface area (Å²) in [5, 5.41) is 13.9. The van der Waals surface area contributed by atoms with Gasteiger partial charge in [-0.3, -0.25) is 0 Å². The average molecular weight is 471 g/mol. The number of rotatable bonds is 0. The molecule has 0 heterocycles. The minimum Gasteiger partial charge on any atom is -0.450 e. The molecule has 0 aliphatic carbocycles. The smallest absolute Gasteiger partial charge is 0.450 e. The third-order valence-electron chi connectivity index (χ3n) is 0. The second-order valence-corrected chi connectivity index (χ2v) is 0.283. The Morgan fingerprint density at radius 1 is 1.17 bits per heavy atom. The topological polar surface area (TPSA) is 57.5 Å². The van der Waals surface area contributed by atoms with Crippen molar-refractivity contribution in [2.24, 2.45) is 0 Å². The fourth-order valence-electron chi connectivity index (χ4n) is 0. The fourth-order valence-corrected chi connectivity index (χ4v) is 0. The molecule has 0 aromatic carbocycles. The van der Waals surface area contributed by atoms with Crippen molar-refractivity contribution < 1.29 is 15.0 Å².